The second-order valence-electron chi connectivity index (χ2n) is 5.74. The van der Waals surface area contributed by atoms with E-state index in [-0.39, 0.29) is 12.4 Å². The highest BCUT2D eigenvalue weighted by Crippen LogP contribution is 2.16. The molecular weight excluding hydrogens is 298 g/mol. The second kappa shape index (κ2) is 12.7. The van der Waals surface area contributed by atoms with Gasteiger partial charge >= 0.3 is 0 Å². The molecule has 1 atom stereocenters. The first kappa shape index (κ1) is 21.2. The normalized spacial score (nSPS) is 12.0. The van der Waals surface area contributed by atoms with E-state index in [1.165, 1.54) is 25.7 Å². The van der Waals surface area contributed by atoms with Crippen LogP contribution in [0.5, 0.6) is 5.75 Å². The fourth-order valence-corrected chi connectivity index (χ4v) is 2.31. The van der Waals surface area contributed by atoms with Crippen LogP contribution in [0, 0.1) is 6.92 Å². The number of halogens is 1. The average molecular weight is 330 g/mol. The molecular formula is C18H32ClNO2. The first-order valence-corrected chi connectivity index (χ1v) is 8.26. The Hall–Kier alpha value is -0.770. The van der Waals surface area contributed by atoms with Gasteiger partial charge in [0.05, 0.1) is 0 Å². The Kier molecular flexibility index (Phi) is 12.3. The van der Waals surface area contributed by atoms with E-state index in [0.717, 1.165) is 24.4 Å². The fourth-order valence-electron chi connectivity index (χ4n) is 2.31. The van der Waals surface area contributed by atoms with Crippen molar-refractivity contribution in [3.63, 3.8) is 0 Å². The van der Waals surface area contributed by atoms with Gasteiger partial charge in [-0.1, -0.05) is 44.9 Å². The number of aryl methyl sites for hydroxylation is 1. The summed E-state index contributed by atoms with van der Waals surface area (Å²) in [5.74, 6) is 0.866. The molecule has 1 rings (SSSR count). The lowest BCUT2D eigenvalue weighted by Gasteiger charge is -2.25. The number of para-hydroxylation sites is 1. The van der Waals surface area contributed by atoms with E-state index in [0.29, 0.717) is 13.2 Å². The molecule has 0 saturated heterocycles. The molecule has 4 heteroatoms. The average Bonchev–Trinajstić information content (AvgIpc) is 2.49. The monoisotopic (exact) mass is 329 g/mol. The Morgan fingerprint density at radius 1 is 1.09 bits per heavy atom. The third-order valence-electron chi connectivity index (χ3n) is 3.65. The van der Waals surface area contributed by atoms with Crippen molar-refractivity contribution in [3.05, 3.63) is 29.8 Å². The highest BCUT2D eigenvalue weighted by molar-refractivity contribution is 5.85. The Balaban J connectivity index is 0.00000441. The molecule has 1 N–H and O–H groups in total. The summed E-state index contributed by atoms with van der Waals surface area (Å²) in [5.41, 5.74) is 1.11. The molecule has 1 aromatic carbocycles. The van der Waals surface area contributed by atoms with Crippen molar-refractivity contribution in [1.82, 2.24) is 4.90 Å². The molecule has 1 aromatic rings. The number of aliphatic hydroxyl groups is 1. The Bertz CT molecular complexity index is 379. The fraction of sp³-hybridized carbons (Fsp3) is 0.667. The third-order valence-corrected chi connectivity index (χ3v) is 3.65. The maximum atomic E-state index is 10.2. The Labute approximate surface area is 142 Å². The predicted molar refractivity (Wildman–Crippen MR) is 96.2 cm³/mol. The zero-order valence-electron chi connectivity index (χ0n) is 14.3. The van der Waals surface area contributed by atoms with Crippen molar-refractivity contribution in [2.75, 3.05) is 26.2 Å². The van der Waals surface area contributed by atoms with Crippen molar-refractivity contribution in [3.8, 4) is 5.75 Å². The number of aliphatic hydroxyl groups excluding tert-OH is 1. The van der Waals surface area contributed by atoms with Crippen LogP contribution in [0.2, 0.25) is 0 Å². The van der Waals surface area contributed by atoms with E-state index < -0.39 is 6.10 Å². The second-order valence-corrected chi connectivity index (χ2v) is 5.74. The van der Waals surface area contributed by atoms with E-state index in [1.54, 1.807) is 0 Å². The number of ether oxygens (including phenoxy) is 1. The van der Waals surface area contributed by atoms with Gasteiger partial charge in [-0.25, -0.2) is 0 Å². The van der Waals surface area contributed by atoms with Gasteiger partial charge in [0.2, 0.25) is 0 Å². The van der Waals surface area contributed by atoms with Crippen LogP contribution in [0.15, 0.2) is 24.3 Å². The molecule has 0 amide bonds. The van der Waals surface area contributed by atoms with Gasteiger partial charge in [-0.2, -0.15) is 0 Å². The van der Waals surface area contributed by atoms with Gasteiger partial charge in [-0.05, 0) is 44.5 Å². The molecule has 0 radical (unpaired) electrons. The molecule has 1 unspecified atom stereocenters. The van der Waals surface area contributed by atoms with Crippen LogP contribution in [-0.2, 0) is 0 Å². The van der Waals surface area contributed by atoms with Crippen molar-refractivity contribution in [1.29, 1.82) is 0 Å². The lowest BCUT2D eigenvalue weighted by Crippen LogP contribution is -2.37. The minimum atomic E-state index is -0.432. The summed E-state index contributed by atoms with van der Waals surface area (Å²) in [6, 6.07) is 7.93. The molecule has 22 heavy (non-hydrogen) atoms. The van der Waals surface area contributed by atoms with Gasteiger partial charge in [0.25, 0.3) is 0 Å². The molecule has 0 fully saturated rings. The number of rotatable bonds is 11. The standard InChI is InChI=1S/C18H31NO2.ClH/c1-4-6-12-19(13-7-5-2)14-17(20)15-21-18-11-9-8-10-16(18)3;/h8-11,17,20H,4-7,12-15H2,1-3H3;1H. The summed E-state index contributed by atoms with van der Waals surface area (Å²) < 4.78 is 5.73. The van der Waals surface area contributed by atoms with E-state index in [2.05, 4.69) is 18.7 Å². The summed E-state index contributed by atoms with van der Waals surface area (Å²) in [4.78, 5) is 2.36. The predicted octanol–water partition coefficient (Wildman–Crippen LogP) is 4.06. The first-order chi connectivity index (χ1) is 10.2. The van der Waals surface area contributed by atoms with E-state index in [1.807, 2.05) is 31.2 Å². The van der Waals surface area contributed by atoms with Crippen LogP contribution in [0.3, 0.4) is 0 Å². The van der Waals surface area contributed by atoms with Crippen LogP contribution >= 0.6 is 12.4 Å². The first-order valence-electron chi connectivity index (χ1n) is 8.26. The summed E-state index contributed by atoms with van der Waals surface area (Å²) in [6.07, 6.45) is 4.33. The van der Waals surface area contributed by atoms with Crippen LogP contribution in [-0.4, -0.2) is 42.4 Å². The molecule has 0 aromatic heterocycles. The van der Waals surface area contributed by atoms with E-state index in [9.17, 15) is 5.11 Å². The summed E-state index contributed by atoms with van der Waals surface area (Å²) in [7, 11) is 0. The number of hydrogen-bond acceptors (Lipinski definition) is 3. The van der Waals surface area contributed by atoms with Gasteiger partial charge < -0.3 is 14.7 Å². The highest BCUT2D eigenvalue weighted by Gasteiger charge is 2.12. The summed E-state index contributed by atoms with van der Waals surface area (Å²) in [5, 5.41) is 10.2. The van der Waals surface area contributed by atoms with Gasteiger partial charge in [0.1, 0.15) is 18.5 Å². The highest BCUT2D eigenvalue weighted by atomic mass is 35.5. The molecule has 3 nitrogen and oxygen atoms in total. The van der Waals surface area contributed by atoms with Crippen molar-refractivity contribution < 1.29 is 9.84 Å². The zero-order valence-corrected chi connectivity index (χ0v) is 15.1. The molecule has 0 bridgehead atoms. The quantitative estimate of drug-likeness (QED) is 0.664. The third kappa shape index (κ3) is 8.62. The maximum absolute atomic E-state index is 10.2. The number of hydrogen-bond donors (Lipinski definition) is 1. The summed E-state index contributed by atoms with van der Waals surface area (Å²) in [6.45, 7) is 9.63. The SMILES string of the molecule is CCCCN(CCCC)CC(O)COc1ccccc1C.Cl. The molecule has 128 valence electrons. The van der Waals surface area contributed by atoms with Gasteiger partial charge in [0.15, 0.2) is 0 Å². The minimum absolute atomic E-state index is 0. The van der Waals surface area contributed by atoms with Gasteiger partial charge in [0, 0.05) is 6.54 Å². The molecule has 0 aliphatic heterocycles. The molecule has 0 aliphatic rings. The zero-order chi connectivity index (χ0) is 15.5. The van der Waals surface area contributed by atoms with E-state index >= 15 is 0 Å². The van der Waals surface area contributed by atoms with Crippen molar-refractivity contribution in [2.24, 2.45) is 0 Å². The number of benzene rings is 1. The molecule has 0 saturated carbocycles. The molecule has 0 aliphatic carbocycles. The van der Waals surface area contributed by atoms with Crippen LogP contribution < -0.4 is 4.74 Å². The lowest BCUT2D eigenvalue weighted by atomic mass is 10.2. The molecule has 0 heterocycles. The van der Waals surface area contributed by atoms with Crippen LogP contribution in [0.4, 0.5) is 0 Å². The topological polar surface area (TPSA) is 32.7 Å². The van der Waals surface area contributed by atoms with Crippen LogP contribution in [0.25, 0.3) is 0 Å². The van der Waals surface area contributed by atoms with Crippen molar-refractivity contribution >= 4 is 12.4 Å². The summed E-state index contributed by atoms with van der Waals surface area (Å²) >= 11 is 0. The smallest absolute Gasteiger partial charge is 0.122 e. The molecule has 0 spiro atoms. The Morgan fingerprint density at radius 2 is 1.68 bits per heavy atom. The minimum Gasteiger partial charge on any atom is -0.491 e. The van der Waals surface area contributed by atoms with Gasteiger partial charge in [-0.15, -0.1) is 12.4 Å². The number of nitrogens with zero attached hydrogens (tertiary/aromatic N) is 1. The van der Waals surface area contributed by atoms with Crippen LogP contribution in [0.1, 0.15) is 45.1 Å². The maximum Gasteiger partial charge on any atom is 0.122 e. The lowest BCUT2D eigenvalue weighted by molar-refractivity contribution is 0.0669. The Morgan fingerprint density at radius 3 is 2.23 bits per heavy atom. The van der Waals surface area contributed by atoms with Crippen molar-refractivity contribution in [2.45, 2.75) is 52.6 Å². The van der Waals surface area contributed by atoms with E-state index in [4.69, 9.17) is 4.74 Å². The van der Waals surface area contributed by atoms with Gasteiger partial charge in [-0.3, -0.25) is 0 Å². The largest absolute Gasteiger partial charge is 0.491 e. The number of unbranched alkanes of at least 4 members (excludes halogenated alkanes) is 2.